The Hall–Kier alpha value is -2.68. The first-order chi connectivity index (χ1) is 9.28. The fourth-order valence-electron chi connectivity index (χ4n) is 2.03. The van der Waals surface area contributed by atoms with Gasteiger partial charge >= 0.3 is 5.63 Å². The molecule has 2 aromatic carbocycles. The molecule has 0 aliphatic heterocycles. The Morgan fingerprint density at radius 2 is 1.68 bits per heavy atom. The summed E-state index contributed by atoms with van der Waals surface area (Å²) in [7, 11) is 0. The van der Waals surface area contributed by atoms with Gasteiger partial charge in [0.15, 0.2) is 6.29 Å². The zero-order valence-corrected chi connectivity index (χ0v) is 10.00. The highest BCUT2D eigenvalue weighted by Gasteiger charge is 2.05. The molecule has 0 saturated heterocycles. The summed E-state index contributed by atoms with van der Waals surface area (Å²) in [5.41, 5.74) is 2.00. The van der Waals surface area contributed by atoms with E-state index >= 15 is 0 Å². The van der Waals surface area contributed by atoms with Gasteiger partial charge in [0.2, 0.25) is 0 Å². The third-order valence-corrected chi connectivity index (χ3v) is 2.99. The second-order valence-corrected chi connectivity index (χ2v) is 4.23. The van der Waals surface area contributed by atoms with Gasteiger partial charge < -0.3 is 4.42 Å². The Morgan fingerprint density at radius 1 is 0.895 bits per heavy atom. The Kier molecular flexibility index (Phi) is 2.72. The van der Waals surface area contributed by atoms with Crippen LogP contribution in [0, 0.1) is 0 Å². The molecule has 3 heteroatoms. The van der Waals surface area contributed by atoms with Crippen LogP contribution in [0.1, 0.15) is 10.4 Å². The summed E-state index contributed by atoms with van der Waals surface area (Å²) in [6.07, 6.45) is 0.514. The van der Waals surface area contributed by atoms with Crippen molar-refractivity contribution in [2.45, 2.75) is 0 Å². The predicted octanol–water partition coefficient (Wildman–Crippen LogP) is 3.27. The van der Waals surface area contributed by atoms with Gasteiger partial charge in [0.25, 0.3) is 0 Å². The minimum Gasteiger partial charge on any atom is -0.422 e. The van der Waals surface area contributed by atoms with E-state index in [1.807, 2.05) is 42.5 Å². The molecule has 0 aliphatic rings. The average Bonchev–Trinajstić information content (AvgIpc) is 2.47. The third-order valence-electron chi connectivity index (χ3n) is 2.99. The van der Waals surface area contributed by atoms with Gasteiger partial charge in [0, 0.05) is 5.39 Å². The first-order valence-electron chi connectivity index (χ1n) is 5.86. The molecule has 0 bridgehead atoms. The molecule has 19 heavy (non-hydrogen) atoms. The molecule has 0 atom stereocenters. The van der Waals surface area contributed by atoms with Gasteiger partial charge in [-0.3, -0.25) is 4.79 Å². The van der Waals surface area contributed by atoms with Crippen LogP contribution in [-0.2, 0) is 0 Å². The number of rotatable bonds is 2. The van der Waals surface area contributed by atoms with Gasteiger partial charge in [0.05, 0.1) is 0 Å². The van der Waals surface area contributed by atoms with Crippen molar-refractivity contribution in [1.29, 1.82) is 0 Å². The Labute approximate surface area is 109 Å². The maximum Gasteiger partial charge on any atom is 0.346 e. The van der Waals surface area contributed by atoms with Crippen molar-refractivity contribution in [3.8, 4) is 11.1 Å². The summed E-state index contributed by atoms with van der Waals surface area (Å²) in [4.78, 5) is 22.2. The highest BCUT2D eigenvalue weighted by Crippen LogP contribution is 2.23. The van der Waals surface area contributed by atoms with Crippen LogP contribution in [0.5, 0.6) is 0 Å². The monoisotopic (exact) mass is 250 g/mol. The van der Waals surface area contributed by atoms with E-state index in [4.69, 9.17) is 4.42 Å². The molecule has 0 N–H and O–H groups in total. The number of fused-ring (bicyclic) bond motifs is 1. The van der Waals surface area contributed by atoms with Crippen LogP contribution in [0.4, 0.5) is 0 Å². The van der Waals surface area contributed by atoms with Crippen LogP contribution in [0.3, 0.4) is 0 Å². The fourth-order valence-corrected chi connectivity index (χ4v) is 2.03. The Balaban J connectivity index is 2.23. The number of benzene rings is 2. The molecule has 0 unspecified atom stereocenters. The highest BCUT2D eigenvalue weighted by atomic mass is 16.4. The van der Waals surface area contributed by atoms with Crippen LogP contribution < -0.4 is 5.63 Å². The third kappa shape index (κ3) is 2.06. The lowest BCUT2D eigenvalue weighted by atomic mass is 10.0. The van der Waals surface area contributed by atoms with Gasteiger partial charge in [-0.2, -0.15) is 0 Å². The minimum atomic E-state index is -0.602. The molecule has 1 aromatic heterocycles. The van der Waals surface area contributed by atoms with Crippen LogP contribution in [0.15, 0.2) is 63.8 Å². The maximum absolute atomic E-state index is 11.4. The van der Waals surface area contributed by atoms with Gasteiger partial charge in [0.1, 0.15) is 11.1 Å². The quantitative estimate of drug-likeness (QED) is 0.518. The lowest BCUT2D eigenvalue weighted by Gasteiger charge is -2.03. The molecule has 0 spiro atoms. The van der Waals surface area contributed by atoms with Crippen LogP contribution in [0.2, 0.25) is 0 Å². The van der Waals surface area contributed by atoms with E-state index < -0.39 is 5.63 Å². The Morgan fingerprint density at radius 3 is 2.42 bits per heavy atom. The average molecular weight is 250 g/mol. The maximum atomic E-state index is 11.4. The summed E-state index contributed by atoms with van der Waals surface area (Å²) in [6, 6.07) is 17.0. The highest BCUT2D eigenvalue weighted by molar-refractivity contribution is 5.87. The molecule has 3 rings (SSSR count). The van der Waals surface area contributed by atoms with Gasteiger partial charge in [-0.15, -0.1) is 0 Å². The van der Waals surface area contributed by atoms with Crippen molar-refractivity contribution in [2.75, 3.05) is 0 Å². The largest absolute Gasteiger partial charge is 0.422 e. The number of hydrogen-bond acceptors (Lipinski definition) is 3. The normalized spacial score (nSPS) is 10.5. The van der Waals surface area contributed by atoms with E-state index in [0.29, 0.717) is 11.9 Å². The Bertz CT molecular complexity index is 801. The van der Waals surface area contributed by atoms with Crippen molar-refractivity contribution in [2.24, 2.45) is 0 Å². The van der Waals surface area contributed by atoms with Crippen LogP contribution in [0.25, 0.3) is 22.1 Å². The second-order valence-electron chi connectivity index (χ2n) is 4.23. The number of carbonyl (C=O) groups excluding carboxylic acids is 1. The van der Waals surface area contributed by atoms with E-state index in [0.717, 1.165) is 16.5 Å². The van der Waals surface area contributed by atoms with Crippen molar-refractivity contribution in [3.05, 3.63) is 70.6 Å². The van der Waals surface area contributed by atoms with E-state index in [-0.39, 0.29) is 5.56 Å². The minimum absolute atomic E-state index is 0.0395. The van der Waals surface area contributed by atoms with Gasteiger partial charge in [-0.1, -0.05) is 36.4 Å². The van der Waals surface area contributed by atoms with Gasteiger partial charge in [-0.25, -0.2) is 4.79 Å². The molecule has 0 fully saturated rings. The number of carbonyl (C=O) groups is 1. The van der Waals surface area contributed by atoms with E-state index in [1.165, 1.54) is 0 Å². The number of aldehydes is 1. The standard InChI is InChI=1S/C16H10O3/c17-10-14-9-13-8-12(11-4-2-1-3-5-11)6-7-15(13)19-16(14)18/h1-10H. The first-order valence-corrected chi connectivity index (χ1v) is 5.86. The summed E-state index contributed by atoms with van der Waals surface area (Å²) in [6.45, 7) is 0. The second kappa shape index (κ2) is 4.53. The molecule has 3 aromatic rings. The predicted molar refractivity (Wildman–Crippen MR) is 73.3 cm³/mol. The molecular formula is C16H10O3. The van der Waals surface area contributed by atoms with Crippen molar-refractivity contribution in [1.82, 2.24) is 0 Å². The zero-order chi connectivity index (χ0) is 13.2. The van der Waals surface area contributed by atoms with Crippen molar-refractivity contribution < 1.29 is 9.21 Å². The number of hydrogen-bond donors (Lipinski definition) is 0. The summed E-state index contributed by atoms with van der Waals surface area (Å²) < 4.78 is 5.09. The van der Waals surface area contributed by atoms with Crippen LogP contribution >= 0.6 is 0 Å². The lowest BCUT2D eigenvalue weighted by Crippen LogP contribution is -2.05. The van der Waals surface area contributed by atoms with Crippen molar-refractivity contribution >= 4 is 17.3 Å². The molecule has 3 nitrogen and oxygen atoms in total. The smallest absolute Gasteiger partial charge is 0.346 e. The molecular weight excluding hydrogens is 240 g/mol. The van der Waals surface area contributed by atoms with E-state index in [2.05, 4.69) is 0 Å². The molecule has 92 valence electrons. The topological polar surface area (TPSA) is 47.3 Å². The fraction of sp³-hybridized carbons (Fsp3) is 0. The molecule has 0 aliphatic carbocycles. The molecule has 0 saturated carbocycles. The SMILES string of the molecule is O=Cc1cc2cc(-c3ccccc3)ccc2oc1=O. The molecule has 0 amide bonds. The first kappa shape index (κ1) is 11.4. The summed E-state index contributed by atoms with van der Waals surface area (Å²) in [5.74, 6) is 0. The lowest BCUT2D eigenvalue weighted by molar-refractivity contribution is 0.112. The molecule has 1 heterocycles. The van der Waals surface area contributed by atoms with Gasteiger partial charge in [-0.05, 0) is 29.3 Å². The van der Waals surface area contributed by atoms with Crippen molar-refractivity contribution in [3.63, 3.8) is 0 Å². The summed E-state index contributed by atoms with van der Waals surface area (Å²) in [5, 5.41) is 0.739. The van der Waals surface area contributed by atoms with Crippen LogP contribution in [-0.4, -0.2) is 6.29 Å². The van der Waals surface area contributed by atoms with E-state index in [9.17, 15) is 9.59 Å². The zero-order valence-electron chi connectivity index (χ0n) is 10.00. The van der Waals surface area contributed by atoms with E-state index in [1.54, 1.807) is 12.1 Å². The summed E-state index contributed by atoms with van der Waals surface area (Å²) >= 11 is 0. The molecule has 0 radical (unpaired) electrons.